The van der Waals surface area contributed by atoms with Crippen molar-refractivity contribution < 1.29 is 0 Å². The normalized spacial score (nSPS) is 11.2. The van der Waals surface area contributed by atoms with E-state index in [2.05, 4.69) is 74.5 Å². The van der Waals surface area contributed by atoms with E-state index >= 15 is 0 Å². The molecule has 0 aliphatic heterocycles. The smallest absolute Gasteiger partial charge is 0.0783 e. The molecule has 0 unspecified atom stereocenters. The molecule has 0 fully saturated rings. The van der Waals surface area contributed by atoms with Crippen LogP contribution in [-0.4, -0.2) is 4.98 Å². The third-order valence-electron chi connectivity index (χ3n) is 4.43. The number of aromatic nitrogens is 1. The highest BCUT2D eigenvalue weighted by Crippen LogP contribution is 2.34. The van der Waals surface area contributed by atoms with Gasteiger partial charge < -0.3 is 0 Å². The predicted octanol–water partition coefficient (Wildman–Crippen LogP) is 5.67. The summed E-state index contributed by atoms with van der Waals surface area (Å²) in [7, 11) is 0. The lowest BCUT2D eigenvalue weighted by Crippen LogP contribution is -1.95. The van der Waals surface area contributed by atoms with Gasteiger partial charge in [0.25, 0.3) is 0 Å². The van der Waals surface area contributed by atoms with Gasteiger partial charge in [-0.1, -0.05) is 66.7 Å². The Morgan fingerprint density at radius 3 is 2.23 bits per heavy atom. The maximum absolute atomic E-state index is 4.88. The molecule has 3 aromatic carbocycles. The number of nitrogens with zero attached hydrogens (tertiary/aromatic N) is 1. The van der Waals surface area contributed by atoms with E-state index in [-0.39, 0.29) is 0 Å². The van der Waals surface area contributed by atoms with Crippen molar-refractivity contribution in [3.05, 3.63) is 78.0 Å². The maximum Gasteiger partial charge on any atom is 0.0783 e. The second kappa shape index (κ2) is 4.96. The zero-order valence-electron chi connectivity index (χ0n) is 12.8. The largest absolute Gasteiger partial charge is 0.252 e. The molecule has 0 spiro atoms. The molecule has 1 heteroatoms. The highest BCUT2D eigenvalue weighted by Gasteiger charge is 2.12. The zero-order valence-corrected chi connectivity index (χ0v) is 12.8. The van der Waals surface area contributed by atoms with Crippen LogP contribution < -0.4 is 0 Å². The van der Waals surface area contributed by atoms with Crippen molar-refractivity contribution in [1.82, 2.24) is 4.98 Å². The average molecular weight is 283 g/mol. The number of hydrogen-bond donors (Lipinski definition) is 0. The topological polar surface area (TPSA) is 12.9 Å². The van der Waals surface area contributed by atoms with Crippen LogP contribution in [-0.2, 0) is 0 Å². The van der Waals surface area contributed by atoms with Crippen LogP contribution in [0.25, 0.3) is 32.8 Å². The molecule has 4 aromatic rings. The summed E-state index contributed by atoms with van der Waals surface area (Å²) in [5.41, 5.74) is 4.62. The third-order valence-corrected chi connectivity index (χ3v) is 4.43. The van der Waals surface area contributed by atoms with E-state index in [1.165, 1.54) is 32.7 Å². The van der Waals surface area contributed by atoms with Gasteiger partial charge in [0.15, 0.2) is 0 Å². The maximum atomic E-state index is 4.88. The molecule has 0 aliphatic rings. The van der Waals surface area contributed by atoms with Crippen LogP contribution in [0.5, 0.6) is 0 Å². The number of rotatable bonds is 1. The molecule has 0 radical (unpaired) electrons. The van der Waals surface area contributed by atoms with E-state index in [0.717, 1.165) is 11.4 Å². The summed E-state index contributed by atoms with van der Waals surface area (Å²) in [5.74, 6) is 0. The molecule has 0 N–H and O–H groups in total. The first-order valence-corrected chi connectivity index (χ1v) is 7.60. The third kappa shape index (κ3) is 1.90. The minimum absolute atomic E-state index is 1.07. The number of fused-ring (bicyclic) bond motifs is 3. The Kier molecular flexibility index (Phi) is 2.93. The first-order valence-electron chi connectivity index (χ1n) is 7.60. The van der Waals surface area contributed by atoms with Crippen LogP contribution in [0, 0.1) is 13.8 Å². The van der Waals surface area contributed by atoms with Crippen molar-refractivity contribution in [1.29, 1.82) is 0 Å². The molecule has 1 aromatic heterocycles. The van der Waals surface area contributed by atoms with Gasteiger partial charge in [-0.3, -0.25) is 4.98 Å². The van der Waals surface area contributed by atoms with Crippen molar-refractivity contribution >= 4 is 21.5 Å². The Morgan fingerprint density at radius 1 is 0.682 bits per heavy atom. The second-order valence-electron chi connectivity index (χ2n) is 5.75. The molecule has 0 aliphatic carbocycles. The Balaban J connectivity index is 2.21. The lowest BCUT2D eigenvalue weighted by atomic mass is 9.94. The minimum atomic E-state index is 1.07. The number of benzene rings is 3. The zero-order chi connectivity index (χ0) is 15.1. The molecular weight excluding hydrogens is 266 g/mol. The van der Waals surface area contributed by atoms with Crippen LogP contribution in [0.3, 0.4) is 0 Å². The molecule has 22 heavy (non-hydrogen) atoms. The fourth-order valence-corrected chi connectivity index (χ4v) is 3.18. The molecule has 0 atom stereocenters. The SMILES string of the molecule is Cc1nc(-c2ccccc2)c2ccc3ccccc3c2c1C. The van der Waals surface area contributed by atoms with Crippen LogP contribution in [0.4, 0.5) is 0 Å². The van der Waals surface area contributed by atoms with Crippen LogP contribution in [0.2, 0.25) is 0 Å². The molecule has 1 nitrogen and oxygen atoms in total. The fraction of sp³-hybridized carbons (Fsp3) is 0.0952. The van der Waals surface area contributed by atoms with Crippen molar-refractivity contribution in [2.75, 3.05) is 0 Å². The average Bonchev–Trinajstić information content (AvgIpc) is 2.58. The summed E-state index contributed by atoms with van der Waals surface area (Å²) in [6, 6.07) is 23.4. The number of pyridine rings is 1. The van der Waals surface area contributed by atoms with Crippen molar-refractivity contribution in [3.8, 4) is 11.3 Å². The lowest BCUT2D eigenvalue weighted by Gasteiger charge is -2.13. The summed E-state index contributed by atoms with van der Waals surface area (Å²) < 4.78 is 0. The van der Waals surface area contributed by atoms with E-state index in [1.54, 1.807) is 0 Å². The van der Waals surface area contributed by atoms with E-state index in [1.807, 2.05) is 6.07 Å². The minimum Gasteiger partial charge on any atom is -0.252 e. The first-order chi connectivity index (χ1) is 10.8. The molecule has 0 saturated carbocycles. The van der Waals surface area contributed by atoms with Crippen molar-refractivity contribution in [2.24, 2.45) is 0 Å². The summed E-state index contributed by atoms with van der Waals surface area (Å²) in [5, 5.41) is 5.14. The van der Waals surface area contributed by atoms with Crippen LogP contribution in [0.1, 0.15) is 11.3 Å². The van der Waals surface area contributed by atoms with Gasteiger partial charge in [0.1, 0.15) is 0 Å². The van der Waals surface area contributed by atoms with E-state index in [0.29, 0.717) is 0 Å². The molecule has 1 heterocycles. The molecule has 0 saturated heterocycles. The van der Waals surface area contributed by atoms with E-state index in [9.17, 15) is 0 Å². The standard InChI is InChI=1S/C21H17N/c1-14-15(2)22-21(17-9-4-3-5-10-17)19-13-12-16-8-6-7-11-18(16)20(14)19/h3-13H,1-2H3. The number of aryl methyl sites for hydroxylation is 2. The Bertz CT molecular complexity index is 985. The fourth-order valence-electron chi connectivity index (χ4n) is 3.18. The van der Waals surface area contributed by atoms with Crippen LogP contribution in [0.15, 0.2) is 66.7 Å². The highest BCUT2D eigenvalue weighted by molar-refractivity contribution is 6.12. The van der Waals surface area contributed by atoms with E-state index < -0.39 is 0 Å². The summed E-state index contributed by atoms with van der Waals surface area (Å²) in [6.07, 6.45) is 0. The summed E-state index contributed by atoms with van der Waals surface area (Å²) >= 11 is 0. The highest BCUT2D eigenvalue weighted by atomic mass is 14.7. The molecule has 106 valence electrons. The number of hydrogen-bond acceptors (Lipinski definition) is 1. The van der Waals surface area contributed by atoms with E-state index in [4.69, 9.17) is 4.98 Å². The Labute approximate surface area is 130 Å². The summed E-state index contributed by atoms with van der Waals surface area (Å²) in [6.45, 7) is 4.27. The van der Waals surface area contributed by atoms with Gasteiger partial charge in [-0.25, -0.2) is 0 Å². The Hall–Kier alpha value is -2.67. The van der Waals surface area contributed by atoms with Crippen molar-refractivity contribution in [3.63, 3.8) is 0 Å². The quantitative estimate of drug-likeness (QED) is 0.410. The molecule has 0 bridgehead atoms. The van der Waals surface area contributed by atoms with Gasteiger partial charge in [0, 0.05) is 16.6 Å². The molecule has 0 amide bonds. The lowest BCUT2D eigenvalue weighted by molar-refractivity contribution is 1.18. The van der Waals surface area contributed by atoms with Gasteiger partial charge in [0.2, 0.25) is 0 Å². The second-order valence-corrected chi connectivity index (χ2v) is 5.75. The molecular formula is C21H17N. The summed E-state index contributed by atoms with van der Waals surface area (Å²) in [4.78, 5) is 4.88. The van der Waals surface area contributed by atoms with Crippen LogP contribution >= 0.6 is 0 Å². The molecule has 4 rings (SSSR count). The van der Waals surface area contributed by atoms with Crippen molar-refractivity contribution in [2.45, 2.75) is 13.8 Å². The van der Waals surface area contributed by atoms with Gasteiger partial charge in [-0.15, -0.1) is 0 Å². The van der Waals surface area contributed by atoms with Gasteiger partial charge in [0.05, 0.1) is 5.69 Å². The van der Waals surface area contributed by atoms with Gasteiger partial charge in [-0.05, 0) is 35.6 Å². The predicted molar refractivity (Wildman–Crippen MR) is 94.2 cm³/mol. The monoisotopic (exact) mass is 283 g/mol. The van der Waals surface area contributed by atoms with Gasteiger partial charge >= 0.3 is 0 Å². The van der Waals surface area contributed by atoms with Gasteiger partial charge in [-0.2, -0.15) is 0 Å². The first kappa shape index (κ1) is 13.0. The Morgan fingerprint density at radius 2 is 1.41 bits per heavy atom.